The fourth-order valence-electron chi connectivity index (χ4n) is 3.74. The van der Waals surface area contributed by atoms with Crippen molar-refractivity contribution >= 4 is 50.9 Å². The topological polar surface area (TPSA) is 83.1 Å². The standard InChI is InChI=1S/C26H23BrCl2N4O3S/c1-15-4-8-21(10-16(15)2)33-17(3)30-31-26(33)37-25(13-32(34)35)22-11-19(27)6-9-24(22)36-14-18-5-7-20(28)12-23(18)29/h4-12,25H,13-14H2,1-3H3/t25-/m0/s1. The molecule has 1 aromatic heterocycles. The Bertz CT molecular complexity index is 1460. The minimum Gasteiger partial charge on any atom is -0.489 e. The lowest BCUT2D eigenvalue weighted by Gasteiger charge is -2.19. The van der Waals surface area contributed by atoms with E-state index >= 15 is 0 Å². The number of benzene rings is 3. The van der Waals surface area contributed by atoms with Gasteiger partial charge in [0, 0.05) is 36.3 Å². The highest BCUT2D eigenvalue weighted by atomic mass is 79.9. The van der Waals surface area contributed by atoms with Crippen LogP contribution in [0.15, 0.2) is 64.2 Å². The zero-order valence-electron chi connectivity index (χ0n) is 20.2. The highest BCUT2D eigenvalue weighted by molar-refractivity contribution is 9.10. The Balaban J connectivity index is 1.69. The fourth-order valence-corrected chi connectivity index (χ4v) is 5.77. The van der Waals surface area contributed by atoms with Gasteiger partial charge in [0.15, 0.2) is 5.16 Å². The molecule has 3 aromatic carbocycles. The van der Waals surface area contributed by atoms with Gasteiger partial charge in [0.25, 0.3) is 0 Å². The van der Waals surface area contributed by atoms with Crippen LogP contribution in [0.5, 0.6) is 5.75 Å². The number of aryl methyl sites for hydroxylation is 3. The third-order valence-electron chi connectivity index (χ3n) is 5.82. The van der Waals surface area contributed by atoms with E-state index in [2.05, 4.69) is 32.2 Å². The molecule has 192 valence electrons. The van der Waals surface area contributed by atoms with Crippen LogP contribution in [0.2, 0.25) is 10.0 Å². The molecule has 4 rings (SSSR count). The van der Waals surface area contributed by atoms with Gasteiger partial charge in [-0.05, 0) is 74.4 Å². The molecule has 0 saturated heterocycles. The number of nitrogens with zero attached hydrogens (tertiary/aromatic N) is 4. The van der Waals surface area contributed by atoms with Crippen LogP contribution in [-0.4, -0.2) is 26.2 Å². The van der Waals surface area contributed by atoms with Gasteiger partial charge in [-0.1, -0.05) is 63.0 Å². The molecule has 1 heterocycles. The van der Waals surface area contributed by atoms with Crippen LogP contribution in [0, 0.1) is 30.9 Å². The summed E-state index contributed by atoms with van der Waals surface area (Å²) in [6, 6.07) is 16.7. The molecule has 0 fully saturated rings. The summed E-state index contributed by atoms with van der Waals surface area (Å²) in [4.78, 5) is 11.4. The van der Waals surface area contributed by atoms with Crippen molar-refractivity contribution in [1.82, 2.24) is 14.8 Å². The largest absolute Gasteiger partial charge is 0.489 e. The number of halogens is 3. The van der Waals surface area contributed by atoms with E-state index in [1.54, 1.807) is 24.3 Å². The van der Waals surface area contributed by atoms with Crippen molar-refractivity contribution in [3.8, 4) is 11.4 Å². The normalized spacial score (nSPS) is 11.9. The van der Waals surface area contributed by atoms with E-state index in [0.29, 0.717) is 32.3 Å². The van der Waals surface area contributed by atoms with Crippen molar-refractivity contribution in [1.29, 1.82) is 0 Å². The van der Waals surface area contributed by atoms with E-state index in [-0.39, 0.29) is 18.1 Å². The smallest absolute Gasteiger partial charge is 0.220 e. The van der Waals surface area contributed by atoms with E-state index in [4.69, 9.17) is 27.9 Å². The predicted octanol–water partition coefficient (Wildman–Crippen LogP) is 7.95. The van der Waals surface area contributed by atoms with Gasteiger partial charge in [-0.2, -0.15) is 0 Å². The summed E-state index contributed by atoms with van der Waals surface area (Å²) in [5.41, 5.74) is 4.62. The van der Waals surface area contributed by atoms with Crippen LogP contribution in [0.25, 0.3) is 5.69 Å². The average molecular weight is 622 g/mol. The van der Waals surface area contributed by atoms with E-state index in [9.17, 15) is 10.1 Å². The van der Waals surface area contributed by atoms with Crippen LogP contribution >= 0.6 is 50.9 Å². The molecule has 7 nitrogen and oxygen atoms in total. The summed E-state index contributed by atoms with van der Waals surface area (Å²) >= 11 is 17.1. The molecule has 0 aliphatic carbocycles. The summed E-state index contributed by atoms with van der Waals surface area (Å²) < 4.78 is 8.81. The molecule has 0 amide bonds. The second kappa shape index (κ2) is 11.9. The lowest BCUT2D eigenvalue weighted by molar-refractivity contribution is -0.479. The van der Waals surface area contributed by atoms with E-state index < -0.39 is 5.25 Å². The number of hydrogen-bond donors (Lipinski definition) is 0. The van der Waals surface area contributed by atoms with Crippen molar-refractivity contribution in [2.24, 2.45) is 0 Å². The maximum atomic E-state index is 11.7. The number of aromatic nitrogens is 3. The van der Waals surface area contributed by atoms with Gasteiger partial charge in [0.2, 0.25) is 6.54 Å². The van der Waals surface area contributed by atoms with Gasteiger partial charge in [0.05, 0.1) is 0 Å². The molecule has 0 spiro atoms. The molecule has 0 N–H and O–H groups in total. The number of nitro groups is 1. The number of thioether (sulfide) groups is 1. The highest BCUT2D eigenvalue weighted by Gasteiger charge is 2.27. The van der Waals surface area contributed by atoms with Gasteiger partial charge in [-0.3, -0.25) is 14.7 Å². The molecule has 0 aliphatic heterocycles. The second-order valence-corrected chi connectivity index (χ2v) is 11.4. The zero-order valence-corrected chi connectivity index (χ0v) is 24.2. The molecule has 0 radical (unpaired) electrons. The minimum absolute atomic E-state index is 0.179. The van der Waals surface area contributed by atoms with E-state index in [1.807, 2.05) is 49.6 Å². The molecule has 0 saturated carbocycles. The Hall–Kier alpha value is -2.59. The third kappa shape index (κ3) is 6.65. The monoisotopic (exact) mass is 620 g/mol. The van der Waals surface area contributed by atoms with Crippen molar-refractivity contribution in [2.45, 2.75) is 37.8 Å². The highest BCUT2D eigenvalue weighted by Crippen LogP contribution is 2.41. The Morgan fingerprint density at radius 2 is 1.84 bits per heavy atom. The Morgan fingerprint density at radius 3 is 2.54 bits per heavy atom. The summed E-state index contributed by atoms with van der Waals surface area (Å²) in [6.07, 6.45) is 0. The maximum absolute atomic E-state index is 11.7. The Morgan fingerprint density at radius 1 is 1.05 bits per heavy atom. The summed E-state index contributed by atoms with van der Waals surface area (Å²) in [5.74, 6) is 1.20. The van der Waals surface area contributed by atoms with Crippen molar-refractivity contribution < 1.29 is 9.66 Å². The van der Waals surface area contributed by atoms with Crippen LogP contribution < -0.4 is 4.74 Å². The van der Waals surface area contributed by atoms with Crippen LogP contribution in [0.1, 0.15) is 33.3 Å². The Labute approximate surface area is 237 Å². The molecule has 0 aliphatic rings. The average Bonchev–Trinajstić information content (AvgIpc) is 3.20. The molecule has 1 atom stereocenters. The molecule has 11 heteroatoms. The maximum Gasteiger partial charge on any atom is 0.220 e. The molecular weight excluding hydrogens is 599 g/mol. The molecule has 0 unspecified atom stereocenters. The molecule has 37 heavy (non-hydrogen) atoms. The van der Waals surface area contributed by atoms with Crippen molar-refractivity contribution in [2.75, 3.05) is 6.54 Å². The van der Waals surface area contributed by atoms with Gasteiger partial charge in [-0.15, -0.1) is 10.2 Å². The van der Waals surface area contributed by atoms with E-state index in [1.165, 1.54) is 17.3 Å². The Kier molecular flexibility index (Phi) is 8.79. The lowest BCUT2D eigenvalue weighted by Crippen LogP contribution is -2.13. The number of ether oxygens (including phenoxy) is 1. The quantitative estimate of drug-likeness (QED) is 0.107. The first-order valence-electron chi connectivity index (χ1n) is 11.3. The predicted molar refractivity (Wildman–Crippen MR) is 151 cm³/mol. The zero-order chi connectivity index (χ0) is 26.7. The molecule has 4 aromatic rings. The van der Waals surface area contributed by atoms with Crippen LogP contribution in [0.3, 0.4) is 0 Å². The first-order chi connectivity index (χ1) is 17.6. The summed E-state index contributed by atoms with van der Waals surface area (Å²) in [7, 11) is 0. The van der Waals surface area contributed by atoms with Crippen LogP contribution in [-0.2, 0) is 6.61 Å². The first-order valence-corrected chi connectivity index (χ1v) is 13.7. The summed E-state index contributed by atoms with van der Waals surface area (Å²) in [5, 5.41) is 21.3. The van der Waals surface area contributed by atoms with Gasteiger partial charge < -0.3 is 4.74 Å². The van der Waals surface area contributed by atoms with E-state index in [0.717, 1.165) is 21.3 Å². The van der Waals surface area contributed by atoms with Crippen molar-refractivity contribution in [3.05, 3.63) is 107 Å². The summed E-state index contributed by atoms with van der Waals surface area (Å²) in [6.45, 7) is 5.79. The van der Waals surface area contributed by atoms with Gasteiger partial charge in [0.1, 0.15) is 23.4 Å². The lowest BCUT2D eigenvalue weighted by atomic mass is 10.1. The second-order valence-electron chi connectivity index (χ2n) is 8.46. The first kappa shape index (κ1) is 27.4. The molecular formula is C26H23BrCl2N4O3S. The van der Waals surface area contributed by atoms with Gasteiger partial charge in [-0.25, -0.2) is 0 Å². The van der Waals surface area contributed by atoms with Gasteiger partial charge >= 0.3 is 0 Å². The minimum atomic E-state index is -0.600. The SMILES string of the molecule is Cc1ccc(-n2c(C)nnc2S[C@@H](C[N+](=O)[O-])c2cc(Br)ccc2OCc2ccc(Cl)cc2Cl)cc1C. The van der Waals surface area contributed by atoms with Crippen LogP contribution in [0.4, 0.5) is 0 Å². The fraction of sp³-hybridized carbons (Fsp3) is 0.231. The van der Waals surface area contributed by atoms with Crippen molar-refractivity contribution in [3.63, 3.8) is 0 Å². The third-order valence-corrected chi connectivity index (χ3v) is 8.07. The number of hydrogen-bond acceptors (Lipinski definition) is 6. The number of rotatable bonds is 9. The molecule has 0 bridgehead atoms.